The molecule has 3 rings (SSSR count). The molecule has 2 aromatic heterocycles. The molecule has 0 aliphatic heterocycles. The first-order chi connectivity index (χ1) is 12.1. The van der Waals surface area contributed by atoms with Gasteiger partial charge in [0.25, 0.3) is 0 Å². The quantitative estimate of drug-likeness (QED) is 0.555. The number of nitrogen functional groups attached to an aromatic ring is 1. The van der Waals surface area contributed by atoms with Gasteiger partial charge in [-0.05, 0) is 18.2 Å². The summed E-state index contributed by atoms with van der Waals surface area (Å²) in [6.45, 7) is 0.104. The van der Waals surface area contributed by atoms with Gasteiger partial charge in [-0.2, -0.15) is 0 Å². The van der Waals surface area contributed by atoms with E-state index < -0.39 is 0 Å². The third-order valence-electron chi connectivity index (χ3n) is 3.23. The van der Waals surface area contributed by atoms with Crippen LogP contribution in [0, 0.1) is 5.82 Å². The van der Waals surface area contributed by atoms with Crippen molar-refractivity contribution < 1.29 is 4.39 Å². The molecular formula is C17H15FN6S. The Kier molecular flexibility index (Phi) is 5.10. The minimum absolute atomic E-state index is 0.104. The molecule has 0 bridgehead atoms. The summed E-state index contributed by atoms with van der Waals surface area (Å²) in [4.78, 5) is 17.0. The average molecular weight is 354 g/mol. The molecule has 0 saturated carbocycles. The number of rotatable bonds is 4. The number of aromatic nitrogens is 2. The molecule has 2 heterocycles. The van der Waals surface area contributed by atoms with Crippen molar-refractivity contribution >= 4 is 28.8 Å². The van der Waals surface area contributed by atoms with Gasteiger partial charge < -0.3 is 11.5 Å². The van der Waals surface area contributed by atoms with E-state index in [2.05, 4.69) is 20.0 Å². The molecular weight excluding hydrogens is 339 g/mol. The number of anilines is 1. The van der Waals surface area contributed by atoms with Crippen LogP contribution in [0.1, 0.15) is 16.3 Å². The fraction of sp³-hybridized carbons (Fsp3) is 0.0588. The normalized spacial score (nSPS) is 12.4. The third kappa shape index (κ3) is 4.24. The molecule has 0 radical (unpaired) electrons. The molecule has 126 valence electrons. The van der Waals surface area contributed by atoms with Crippen molar-refractivity contribution in [2.45, 2.75) is 6.54 Å². The number of benzene rings is 1. The number of hydrogen-bond acceptors (Lipinski definition) is 5. The van der Waals surface area contributed by atoms with E-state index in [9.17, 15) is 4.39 Å². The molecule has 25 heavy (non-hydrogen) atoms. The lowest BCUT2D eigenvalue weighted by Gasteiger charge is -2.05. The Morgan fingerprint density at radius 2 is 2.00 bits per heavy atom. The number of halogens is 1. The monoisotopic (exact) mass is 354 g/mol. The minimum atomic E-state index is -0.331. The predicted molar refractivity (Wildman–Crippen MR) is 98.1 cm³/mol. The van der Waals surface area contributed by atoms with Crippen LogP contribution in [0.2, 0.25) is 0 Å². The second-order valence-corrected chi connectivity index (χ2v) is 5.91. The highest BCUT2D eigenvalue weighted by Crippen LogP contribution is 2.11. The summed E-state index contributed by atoms with van der Waals surface area (Å²) >= 11 is 1.36. The number of thiazole rings is 1. The molecule has 0 saturated heterocycles. The van der Waals surface area contributed by atoms with Crippen LogP contribution < -0.4 is 11.5 Å². The summed E-state index contributed by atoms with van der Waals surface area (Å²) in [7, 11) is 0. The van der Waals surface area contributed by atoms with Gasteiger partial charge in [0.15, 0.2) is 16.7 Å². The molecule has 0 atom stereocenters. The minimum Gasteiger partial charge on any atom is -0.384 e. The highest BCUT2D eigenvalue weighted by atomic mass is 32.1. The maximum atomic E-state index is 13.8. The molecule has 3 aromatic rings. The summed E-state index contributed by atoms with van der Waals surface area (Å²) in [6, 6.07) is 11.5. The van der Waals surface area contributed by atoms with E-state index in [1.165, 1.54) is 17.4 Å². The first-order valence-electron chi connectivity index (χ1n) is 7.38. The summed E-state index contributed by atoms with van der Waals surface area (Å²) in [5.74, 6) is 0.483. The van der Waals surface area contributed by atoms with E-state index in [0.717, 1.165) is 0 Å². The van der Waals surface area contributed by atoms with Gasteiger partial charge in [0.05, 0.1) is 6.54 Å². The van der Waals surface area contributed by atoms with E-state index in [0.29, 0.717) is 22.1 Å². The van der Waals surface area contributed by atoms with Crippen molar-refractivity contribution in [1.29, 1.82) is 0 Å². The molecule has 8 heteroatoms. The number of pyridine rings is 1. The Balaban J connectivity index is 1.98. The number of aliphatic imine (C=N–C) groups is 2. The SMILES string of the molecule is NC(=NC(=NCc1ccccc1F)c1cccc(N)n1)c1nccs1. The molecule has 4 N–H and O–H groups in total. The lowest BCUT2D eigenvalue weighted by atomic mass is 10.2. The van der Waals surface area contributed by atoms with Crippen LogP contribution in [-0.4, -0.2) is 21.6 Å². The Morgan fingerprint density at radius 3 is 2.72 bits per heavy atom. The maximum absolute atomic E-state index is 13.8. The Hall–Kier alpha value is -3.13. The molecule has 6 nitrogen and oxygen atoms in total. The van der Waals surface area contributed by atoms with Crippen molar-refractivity contribution in [2.24, 2.45) is 15.7 Å². The first kappa shape index (κ1) is 16.7. The lowest BCUT2D eigenvalue weighted by Crippen LogP contribution is -2.17. The first-order valence-corrected chi connectivity index (χ1v) is 8.26. The second kappa shape index (κ2) is 7.63. The molecule has 0 spiro atoms. The third-order valence-corrected chi connectivity index (χ3v) is 4.03. The fourth-order valence-electron chi connectivity index (χ4n) is 2.05. The second-order valence-electron chi connectivity index (χ2n) is 5.01. The fourth-order valence-corrected chi connectivity index (χ4v) is 2.59. The van der Waals surface area contributed by atoms with Crippen molar-refractivity contribution in [3.05, 3.63) is 76.1 Å². The average Bonchev–Trinajstić information content (AvgIpc) is 3.14. The highest BCUT2D eigenvalue weighted by molar-refractivity contribution is 7.11. The number of nitrogens with two attached hydrogens (primary N) is 2. The van der Waals surface area contributed by atoms with Crippen molar-refractivity contribution in [1.82, 2.24) is 9.97 Å². The van der Waals surface area contributed by atoms with Crippen molar-refractivity contribution in [3.8, 4) is 0 Å². The number of nitrogens with zero attached hydrogens (tertiary/aromatic N) is 4. The largest absolute Gasteiger partial charge is 0.384 e. The van der Waals surface area contributed by atoms with E-state index in [1.807, 2.05) is 0 Å². The van der Waals surface area contributed by atoms with Gasteiger partial charge in [0.1, 0.15) is 17.3 Å². The molecule has 0 unspecified atom stereocenters. The summed E-state index contributed by atoms with van der Waals surface area (Å²) < 4.78 is 13.8. The van der Waals surface area contributed by atoms with E-state index in [4.69, 9.17) is 11.5 Å². The van der Waals surface area contributed by atoms with Gasteiger partial charge in [0, 0.05) is 17.1 Å². The maximum Gasteiger partial charge on any atom is 0.176 e. The van der Waals surface area contributed by atoms with Crippen LogP contribution in [0.15, 0.2) is 64.0 Å². The van der Waals surface area contributed by atoms with Crippen LogP contribution >= 0.6 is 11.3 Å². The van der Waals surface area contributed by atoms with E-state index >= 15 is 0 Å². The van der Waals surface area contributed by atoms with E-state index in [1.54, 1.807) is 48.0 Å². The van der Waals surface area contributed by atoms with Gasteiger partial charge in [0.2, 0.25) is 0 Å². The molecule has 0 aliphatic carbocycles. The van der Waals surface area contributed by atoms with Gasteiger partial charge in [-0.15, -0.1) is 11.3 Å². The van der Waals surface area contributed by atoms with Gasteiger partial charge in [-0.3, -0.25) is 4.99 Å². The van der Waals surface area contributed by atoms with Gasteiger partial charge in [-0.1, -0.05) is 24.3 Å². The van der Waals surface area contributed by atoms with Crippen LogP contribution in [0.5, 0.6) is 0 Å². The Morgan fingerprint density at radius 1 is 1.16 bits per heavy atom. The zero-order chi connectivity index (χ0) is 17.6. The van der Waals surface area contributed by atoms with Crippen LogP contribution in [0.3, 0.4) is 0 Å². The Bertz CT molecular complexity index is 920. The zero-order valence-corrected chi connectivity index (χ0v) is 13.9. The zero-order valence-electron chi connectivity index (χ0n) is 13.1. The van der Waals surface area contributed by atoms with Crippen LogP contribution in [0.25, 0.3) is 0 Å². The van der Waals surface area contributed by atoms with Crippen LogP contribution in [-0.2, 0) is 6.54 Å². The van der Waals surface area contributed by atoms with Crippen molar-refractivity contribution in [2.75, 3.05) is 5.73 Å². The molecule has 1 aromatic carbocycles. The van der Waals surface area contributed by atoms with Crippen LogP contribution in [0.4, 0.5) is 10.2 Å². The summed E-state index contributed by atoms with van der Waals surface area (Å²) in [6.07, 6.45) is 1.64. The van der Waals surface area contributed by atoms with Crippen molar-refractivity contribution in [3.63, 3.8) is 0 Å². The standard InChI is InChI=1S/C17H15FN6S/c18-12-5-2-1-4-11(12)10-22-16(13-6-3-7-14(19)23-13)24-15(20)17-21-8-9-25-17/h1-9H,10H2,(H2,19,23)(H2,20,22,24). The summed E-state index contributed by atoms with van der Waals surface area (Å²) in [5, 5.41) is 2.37. The highest BCUT2D eigenvalue weighted by Gasteiger charge is 2.09. The molecule has 0 aliphatic rings. The summed E-state index contributed by atoms with van der Waals surface area (Å²) in [5.41, 5.74) is 12.6. The number of amidine groups is 2. The topological polar surface area (TPSA) is 103 Å². The lowest BCUT2D eigenvalue weighted by molar-refractivity contribution is 0.611. The van der Waals surface area contributed by atoms with Gasteiger partial charge >= 0.3 is 0 Å². The predicted octanol–water partition coefficient (Wildman–Crippen LogP) is 2.61. The van der Waals surface area contributed by atoms with Gasteiger partial charge in [-0.25, -0.2) is 19.4 Å². The molecule has 0 fully saturated rings. The Labute approximate surface area is 147 Å². The van der Waals surface area contributed by atoms with E-state index in [-0.39, 0.29) is 24.0 Å². The number of hydrogen-bond donors (Lipinski definition) is 2. The smallest absolute Gasteiger partial charge is 0.176 e. The molecule has 0 amide bonds.